The van der Waals surface area contributed by atoms with Gasteiger partial charge in [0.25, 0.3) is 0 Å². The largest absolute Gasteiger partial charge is 0.431 e. The van der Waals surface area contributed by atoms with Crippen LogP contribution in [-0.4, -0.2) is 43.1 Å². The molecule has 20 heavy (non-hydrogen) atoms. The number of carbonyl (C=O) groups is 1. The predicted octanol–water partition coefficient (Wildman–Crippen LogP) is 2.12. The number of hydrogen-bond donors (Lipinski definition) is 1. The lowest BCUT2D eigenvalue weighted by molar-refractivity contribution is -0.171. The Labute approximate surface area is 114 Å². The minimum Gasteiger partial charge on any atom is -0.373 e. The zero-order valence-electron chi connectivity index (χ0n) is 11.1. The summed E-state index contributed by atoms with van der Waals surface area (Å²) < 4.78 is 84.6. The molecule has 10 heteroatoms. The molecule has 0 atom stereocenters. The fourth-order valence-corrected chi connectivity index (χ4v) is 1.40. The molecule has 0 aromatic rings. The second kappa shape index (κ2) is 5.94. The Hall–Kier alpha value is -0.740. The second-order valence-electron chi connectivity index (χ2n) is 5.17. The summed E-state index contributed by atoms with van der Waals surface area (Å²) in [5, 5.41) is -5.61. The maximum atomic E-state index is 13.0. The Morgan fingerprint density at radius 2 is 1.60 bits per heavy atom. The third-order valence-corrected chi connectivity index (χ3v) is 3.33. The predicted molar refractivity (Wildman–Crippen MR) is 61.3 cm³/mol. The van der Waals surface area contributed by atoms with Gasteiger partial charge in [-0.1, -0.05) is 20.8 Å². The van der Waals surface area contributed by atoms with Crippen LogP contribution in [0.4, 0.5) is 17.6 Å². The molecule has 0 amide bonds. The van der Waals surface area contributed by atoms with Crippen molar-refractivity contribution in [3.63, 3.8) is 0 Å². The van der Waals surface area contributed by atoms with Gasteiger partial charge in [0.2, 0.25) is 0 Å². The van der Waals surface area contributed by atoms with E-state index in [0.717, 1.165) is 0 Å². The van der Waals surface area contributed by atoms with E-state index < -0.39 is 52.1 Å². The third kappa shape index (κ3) is 4.67. The van der Waals surface area contributed by atoms with Crippen molar-refractivity contribution in [1.29, 1.82) is 0 Å². The number of halogens is 4. The Kier molecular flexibility index (Phi) is 5.72. The van der Waals surface area contributed by atoms with Gasteiger partial charge in [-0.05, 0) is 0 Å². The molecule has 0 bridgehead atoms. The number of carbonyl (C=O) groups excluding carboxylic acids is 1. The summed E-state index contributed by atoms with van der Waals surface area (Å²) in [5.74, 6) is -5.44. The van der Waals surface area contributed by atoms with Crippen LogP contribution in [0.25, 0.3) is 0 Å². The second-order valence-corrected chi connectivity index (χ2v) is 6.63. The number of ether oxygens (including phenoxy) is 1. The Bertz CT molecular complexity index is 453. The lowest BCUT2D eigenvalue weighted by Crippen LogP contribution is -2.47. The molecule has 0 aliphatic heterocycles. The lowest BCUT2D eigenvalue weighted by atomic mass is 9.91. The fourth-order valence-electron chi connectivity index (χ4n) is 0.916. The van der Waals surface area contributed by atoms with Gasteiger partial charge in [0, 0.05) is 11.8 Å². The minimum atomic E-state index is -6.24. The first-order chi connectivity index (χ1) is 8.63. The first-order valence-corrected chi connectivity index (χ1v) is 6.90. The summed E-state index contributed by atoms with van der Waals surface area (Å²) >= 11 is 0. The smallest absolute Gasteiger partial charge is 0.373 e. The molecule has 0 unspecified atom stereocenters. The van der Waals surface area contributed by atoms with E-state index in [1.165, 1.54) is 0 Å². The molecule has 0 heterocycles. The normalized spacial score (nSPS) is 14.4. The summed E-state index contributed by atoms with van der Waals surface area (Å²) in [6.45, 7) is 3.15. The van der Waals surface area contributed by atoms with Crippen LogP contribution < -0.4 is 0 Å². The standard InChI is InChI=1S/C10H16F4O5S/c1-8(2,3)7(15)6-19-5-4-9(11,12)10(13,14)20(16,17)18/h4-6H2,1-3H3,(H,16,17,18). The topological polar surface area (TPSA) is 80.7 Å². The van der Waals surface area contributed by atoms with E-state index in [2.05, 4.69) is 4.74 Å². The Morgan fingerprint density at radius 1 is 1.15 bits per heavy atom. The molecular weight excluding hydrogens is 308 g/mol. The molecule has 0 saturated carbocycles. The maximum absolute atomic E-state index is 13.0. The van der Waals surface area contributed by atoms with Crippen LogP contribution in [0.1, 0.15) is 27.2 Å². The van der Waals surface area contributed by atoms with Crippen molar-refractivity contribution >= 4 is 15.9 Å². The highest BCUT2D eigenvalue weighted by Crippen LogP contribution is 2.40. The van der Waals surface area contributed by atoms with Gasteiger partial charge in [-0.15, -0.1) is 0 Å². The van der Waals surface area contributed by atoms with Gasteiger partial charge in [0.05, 0.1) is 6.61 Å². The van der Waals surface area contributed by atoms with E-state index >= 15 is 0 Å². The van der Waals surface area contributed by atoms with Crippen LogP contribution in [0.2, 0.25) is 0 Å². The molecule has 0 aromatic carbocycles. The number of ketones is 1. The van der Waals surface area contributed by atoms with Crippen LogP contribution in [-0.2, 0) is 19.6 Å². The zero-order valence-corrected chi connectivity index (χ0v) is 11.9. The molecule has 0 radical (unpaired) electrons. The van der Waals surface area contributed by atoms with Crippen molar-refractivity contribution in [3.05, 3.63) is 0 Å². The summed E-state index contributed by atoms with van der Waals surface area (Å²) in [6.07, 6.45) is -1.66. The maximum Gasteiger partial charge on any atom is 0.431 e. The quantitative estimate of drug-likeness (QED) is 0.441. The molecule has 0 aromatic heterocycles. The minimum absolute atomic E-state index is 0.428. The van der Waals surface area contributed by atoms with Crippen LogP contribution >= 0.6 is 0 Å². The lowest BCUT2D eigenvalue weighted by Gasteiger charge is -2.23. The number of alkyl halides is 4. The summed E-state index contributed by atoms with van der Waals surface area (Å²) in [5.41, 5.74) is -0.777. The average molecular weight is 324 g/mol. The van der Waals surface area contributed by atoms with Crippen molar-refractivity contribution in [3.8, 4) is 0 Å². The summed E-state index contributed by atoms with van der Waals surface area (Å²) in [7, 11) is -6.24. The van der Waals surface area contributed by atoms with Crippen LogP contribution in [0.3, 0.4) is 0 Å². The molecule has 0 rings (SSSR count). The molecular formula is C10H16F4O5S. The number of hydrogen-bond acceptors (Lipinski definition) is 4. The van der Waals surface area contributed by atoms with Crippen LogP contribution in [0, 0.1) is 5.41 Å². The van der Waals surface area contributed by atoms with E-state index in [1.54, 1.807) is 20.8 Å². The number of Topliss-reactive ketones (excluding diaryl/α,β-unsaturated/α-hetero) is 1. The van der Waals surface area contributed by atoms with Gasteiger partial charge in [0.15, 0.2) is 5.78 Å². The molecule has 0 spiro atoms. The van der Waals surface area contributed by atoms with E-state index in [0.29, 0.717) is 0 Å². The molecule has 5 nitrogen and oxygen atoms in total. The van der Waals surface area contributed by atoms with Crippen LogP contribution in [0.5, 0.6) is 0 Å². The summed E-state index contributed by atoms with van der Waals surface area (Å²) in [4.78, 5) is 11.3. The van der Waals surface area contributed by atoms with Gasteiger partial charge < -0.3 is 4.74 Å². The first kappa shape index (κ1) is 19.3. The van der Waals surface area contributed by atoms with Gasteiger partial charge in [-0.25, -0.2) is 0 Å². The van der Waals surface area contributed by atoms with E-state index in [-0.39, 0.29) is 0 Å². The zero-order chi connectivity index (χ0) is 16.4. The molecule has 120 valence electrons. The van der Waals surface area contributed by atoms with E-state index in [4.69, 9.17) is 4.55 Å². The van der Waals surface area contributed by atoms with Gasteiger partial charge in [0.1, 0.15) is 6.61 Å². The van der Waals surface area contributed by atoms with E-state index in [1.807, 2.05) is 0 Å². The SMILES string of the molecule is CC(C)(C)C(=O)COCCC(F)(F)C(F)(F)S(=O)(=O)O. The highest BCUT2D eigenvalue weighted by molar-refractivity contribution is 7.87. The molecule has 1 N–H and O–H groups in total. The van der Waals surface area contributed by atoms with Gasteiger partial charge >= 0.3 is 21.3 Å². The van der Waals surface area contributed by atoms with Crippen molar-refractivity contribution in [2.45, 2.75) is 38.4 Å². The van der Waals surface area contributed by atoms with Crippen LogP contribution in [0.15, 0.2) is 0 Å². The van der Waals surface area contributed by atoms with E-state index in [9.17, 15) is 30.8 Å². The molecule has 0 aliphatic rings. The molecule has 0 fully saturated rings. The van der Waals surface area contributed by atoms with Gasteiger partial charge in [-0.2, -0.15) is 26.0 Å². The van der Waals surface area contributed by atoms with Crippen molar-refractivity contribution < 1.29 is 40.1 Å². The summed E-state index contributed by atoms with van der Waals surface area (Å²) in [6, 6.07) is 0. The highest BCUT2D eigenvalue weighted by atomic mass is 32.2. The fraction of sp³-hybridized carbons (Fsp3) is 0.900. The highest BCUT2D eigenvalue weighted by Gasteiger charge is 2.65. The van der Waals surface area contributed by atoms with Crippen molar-refractivity contribution in [2.24, 2.45) is 5.41 Å². The Morgan fingerprint density at radius 3 is 1.95 bits per heavy atom. The third-order valence-electron chi connectivity index (χ3n) is 2.38. The number of rotatable bonds is 7. The Balaban J connectivity index is 4.50. The van der Waals surface area contributed by atoms with Gasteiger partial charge in [-0.3, -0.25) is 9.35 Å². The average Bonchev–Trinajstić information content (AvgIpc) is 2.20. The van der Waals surface area contributed by atoms with Crippen molar-refractivity contribution in [2.75, 3.05) is 13.2 Å². The monoisotopic (exact) mass is 324 g/mol. The van der Waals surface area contributed by atoms with Crippen molar-refractivity contribution in [1.82, 2.24) is 0 Å². The molecule has 0 aliphatic carbocycles. The first-order valence-electron chi connectivity index (χ1n) is 5.46. The molecule has 0 saturated heterocycles.